The minimum Gasteiger partial charge on any atom is -0.490 e. The van der Waals surface area contributed by atoms with Gasteiger partial charge in [-0.05, 0) is 25.7 Å². The third kappa shape index (κ3) is 1.00. The molecule has 0 bridgehead atoms. The zero-order valence-electron chi connectivity index (χ0n) is 7.13. The van der Waals surface area contributed by atoms with Gasteiger partial charge in [0.05, 0.1) is 7.11 Å². The highest BCUT2D eigenvalue weighted by molar-refractivity contribution is 5.90. The molecule has 66 valence electrons. The van der Waals surface area contributed by atoms with E-state index in [0.29, 0.717) is 5.76 Å². The smallest absolute Gasteiger partial charge is 0.374 e. The summed E-state index contributed by atoms with van der Waals surface area (Å²) in [5, 5.41) is 0. The average Bonchev–Trinajstić information content (AvgIpc) is 2.40. The number of carbonyl (C=O) groups excluding carboxylic acids is 1. The van der Waals surface area contributed by atoms with E-state index in [9.17, 15) is 4.79 Å². The molecule has 0 spiro atoms. The largest absolute Gasteiger partial charge is 0.490 e. The van der Waals surface area contributed by atoms with Gasteiger partial charge in [0.1, 0.15) is 6.10 Å². The van der Waals surface area contributed by atoms with Crippen LogP contribution in [-0.4, -0.2) is 19.2 Å². The summed E-state index contributed by atoms with van der Waals surface area (Å²) in [5.74, 6) is 0.180. The Balaban J connectivity index is 2.28. The van der Waals surface area contributed by atoms with Crippen LogP contribution in [0.15, 0.2) is 11.3 Å². The lowest BCUT2D eigenvalue weighted by atomic mass is 9.92. The molecule has 1 atom stereocenters. The number of methoxy groups -OCH3 is 1. The number of carbonyl (C=O) groups is 1. The summed E-state index contributed by atoms with van der Waals surface area (Å²) < 4.78 is 10.1. The van der Waals surface area contributed by atoms with Crippen LogP contribution >= 0.6 is 0 Å². The lowest BCUT2D eigenvalue weighted by Crippen LogP contribution is -2.15. The highest BCUT2D eigenvalue weighted by atomic mass is 16.6. The van der Waals surface area contributed by atoms with Crippen LogP contribution < -0.4 is 0 Å². The van der Waals surface area contributed by atoms with Crippen molar-refractivity contribution in [2.45, 2.75) is 31.8 Å². The number of fused-ring (bicyclic) bond motifs is 1. The molecule has 0 N–H and O–H groups in total. The van der Waals surface area contributed by atoms with E-state index in [1.54, 1.807) is 0 Å². The number of esters is 1. The Morgan fingerprint density at radius 1 is 1.50 bits per heavy atom. The van der Waals surface area contributed by atoms with E-state index < -0.39 is 0 Å². The molecule has 0 aromatic carbocycles. The van der Waals surface area contributed by atoms with Crippen molar-refractivity contribution in [3.8, 4) is 0 Å². The van der Waals surface area contributed by atoms with E-state index in [-0.39, 0.29) is 12.1 Å². The highest BCUT2D eigenvalue weighted by Gasteiger charge is 2.36. The first-order valence-electron chi connectivity index (χ1n) is 4.31. The third-order valence-electron chi connectivity index (χ3n) is 2.48. The van der Waals surface area contributed by atoms with Gasteiger partial charge >= 0.3 is 5.97 Å². The van der Waals surface area contributed by atoms with E-state index in [4.69, 9.17) is 9.47 Å². The molecular formula is C9H12O3. The number of hydrogen-bond donors (Lipinski definition) is 0. The first-order valence-corrected chi connectivity index (χ1v) is 4.31. The fourth-order valence-corrected chi connectivity index (χ4v) is 1.90. The van der Waals surface area contributed by atoms with Crippen LogP contribution in [0.5, 0.6) is 0 Å². The molecular weight excluding hydrogens is 156 g/mol. The van der Waals surface area contributed by atoms with Crippen LogP contribution in [0.3, 0.4) is 0 Å². The molecule has 1 heterocycles. The summed E-state index contributed by atoms with van der Waals surface area (Å²) >= 11 is 0. The molecule has 1 saturated carbocycles. The summed E-state index contributed by atoms with van der Waals surface area (Å²) in [6.45, 7) is 0. The quantitative estimate of drug-likeness (QED) is 0.555. The molecule has 12 heavy (non-hydrogen) atoms. The highest BCUT2D eigenvalue weighted by Crippen LogP contribution is 2.34. The third-order valence-corrected chi connectivity index (χ3v) is 2.48. The zero-order chi connectivity index (χ0) is 8.55. The number of rotatable bonds is 1. The zero-order valence-corrected chi connectivity index (χ0v) is 7.13. The van der Waals surface area contributed by atoms with Gasteiger partial charge in [0.2, 0.25) is 5.76 Å². The average molecular weight is 168 g/mol. The Morgan fingerprint density at radius 2 is 2.33 bits per heavy atom. The van der Waals surface area contributed by atoms with E-state index in [0.717, 1.165) is 31.3 Å². The monoisotopic (exact) mass is 168 g/mol. The predicted molar refractivity (Wildman–Crippen MR) is 42.4 cm³/mol. The summed E-state index contributed by atoms with van der Waals surface area (Å²) in [6, 6.07) is 0. The number of hydrogen-bond acceptors (Lipinski definition) is 3. The van der Waals surface area contributed by atoms with Gasteiger partial charge < -0.3 is 9.47 Å². The molecule has 3 heteroatoms. The lowest BCUT2D eigenvalue weighted by molar-refractivity contribution is -0.142. The molecule has 1 aliphatic carbocycles. The fourth-order valence-electron chi connectivity index (χ4n) is 1.90. The second kappa shape index (κ2) is 2.81. The molecule has 0 aromatic rings. The van der Waals surface area contributed by atoms with E-state index in [2.05, 4.69) is 0 Å². The van der Waals surface area contributed by atoms with Crippen LogP contribution in [0.2, 0.25) is 0 Å². The van der Waals surface area contributed by atoms with E-state index >= 15 is 0 Å². The molecule has 1 fully saturated rings. The van der Waals surface area contributed by atoms with Gasteiger partial charge in [-0.3, -0.25) is 0 Å². The Bertz CT molecular complexity index is 242. The molecule has 0 amide bonds. The van der Waals surface area contributed by atoms with Crippen LogP contribution in [0, 0.1) is 0 Å². The van der Waals surface area contributed by atoms with E-state index in [1.807, 2.05) is 0 Å². The number of ether oxygens (including phenoxy) is 2. The normalized spacial score (nSPS) is 28.4. The van der Waals surface area contributed by atoms with Gasteiger partial charge in [-0.25, -0.2) is 4.79 Å². The van der Waals surface area contributed by atoms with Gasteiger partial charge in [0.25, 0.3) is 0 Å². The SMILES string of the molecule is COC1=C2CCCCC2OC1=O. The fraction of sp³-hybridized carbons (Fsp3) is 0.667. The Labute approximate surface area is 71.3 Å². The molecule has 0 aromatic heterocycles. The maximum absolute atomic E-state index is 11.2. The molecule has 1 aliphatic heterocycles. The Morgan fingerprint density at radius 3 is 3.08 bits per heavy atom. The summed E-state index contributed by atoms with van der Waals surface area (Å²) in [6.07, 6.45) is 4.25. The molecule has 1 unspecified atom stereocenters. The van der Waals surface area contributed by atoms with Crippen molar-refractivity contribution in [1.82, 2.24) is 0 Å². The van der Waals surface area contributed by atoms with Crippen molar-refractivity contribution in [1.29, 1.82) is 0 Å². The van der Waals surface area contributed by atoms with Crippen molar-refractivity contribution in [2.75, 3.05) is 7.11 Å². The van der Waals surface area contributed by atoms with Crippen molar-refractivity contribution in [3.05, 3.63) is 11.3 Å². The van der Waals surface area contributed by atoms with Crippen LogP contribution in [-0.2, 0) is 14.3 Å². The maximum Gasteiger partial charge on any atom is 0.374 e. The topological polar surface area (TPSA) is 35.5 Å². The molecule has 0 saturated heterocycles. The maximum atomic E-state index is 11.2. The lowest BCUT2D eigenvalue weighted by Gasteiger charge is -2.18. The summed E-state index contributed by atoms with van der Waals surface area (Å²) in [4.78, 5) is 11.2. The van der Waals surface area contributed by atoms with Gasteiger partial charge in [-0.1, -0.05) is 0 Å². The van der Waals surface area contributed by atoms with Crippen LogP contribution in [0.4, 0.5) is 0 Å². The standard InChI is InChI=1S/C9H12O3/c1-11-8-6-4-2-3-5-7(6)12-9(8)10/h7H,2-5H2,1H3. The van der Waals surface area contributed by atoms with Gasteiger partial charge in [-0.2, -0.15) is 0 Å². The van der Waals surface area contributed by atoms with E-state index in [1.165, 1.54) is 7.11 Å². The second-order valence-electron chi connectivity index (χ2n) is 3.20. The predicted octanol–water partition coefficient (Wildman–Crippen LogP) is 1.39. The van der Waals surface area contributed by atoms with Crippen molar-refractivity contribution < 1.29 is 14.3 Å². The van der Waals surface area contributed by atoms with Gasteiger partial charge in [0.15, 0.2) is 0 Å². The summed E-state index contributed by atoms with van der Waals surface area (Å²) in [5.41, 5.74) is 1.08. The second-order valence-corrected chi connectivity index (χ2v) is 3.20. The Kier molecular flexibility index (Phi) is 1.79. The minimum absolute atomic E-state index is 0.0289. The van der Waals surface area contributed by atoms with Crippen LogP contribution in [0.25, 0.3) is 0 Å². The molecule has 3 nitrogen and oxygen atoms in total. The molecule has 0 radical (unpaired) electrons. The van der Waals surface area contributed by atoms with Crippen molar-refractivity contribution in [2.24, 2.45) is 0 Å². The van der Waals surface area contributed by atoms with Gasteiger partial charge in [0, 0.05) is 5.57 Å². The Hall–Kier alpha value is -0.990. The first-order chi connectivity index (χ1) is 5.83. The molecule has 2 rings (SSSR count). The van der Waals surface area contributed by atoms with Crippen molar-refractivity contribution in [3.63, 3.8) is 0 Å². The van der Waals surface area contributed by atoms with Crippen LogP contribution in [0.1, 0.15) is 25.7 Å². The summed E-state index contributed by atoms with van der Waals surface area (Å²) in [7, 11) is 1.53. The first kappa shape index (κ1) is 7.65. The van der Waals surface area contributed by atoms with Crippen molar-refractivity contribution >= 4 is 5.97 Å². The molecule has 2 aliphatic rings. The minimum atomic E-state index is -0.278. The van der Waals surface area contributed by atoms with Gasteiger partial charge in [-0.15, -0.1) is 0 Å².